The molecule has 0 aliphatic heterocycles. The zero-order chi connectivity index (χ0) is 16.2. The molecule has 0 bridgehead atoms. The first-order chi connectivity index (χ1) is 11.2. The summed E-state index contributed by atoms with van der Waals surface area (Å²) in [5.41, 5.74) is 2.15. The second-order valence-corrected chi connectivity index (χ2v) is 6.16. The zero-order valence-corrected chi connectivity index (χ0v) is 12.9. The van der Waals surface area contributed by atoms with Gasteiger partial charge < -0.3 is 15.4 Å². The van der Waals surface area contributed by atoms with Gasteiger partial charge in [-0.2, -0.15) is 0 Å². The first-order valence-corrected chi connectivity index (χ1v) is 8.02. The molecule has 1 amide bonds. The third-order valence-corrected chi connectivity index (χ3v) is 4.59. The number of benzene rings is 1. The fraction of sp³-hybridized carbons (Fsp3) is 0.389. The lowest BCUT2D eigenvalue weighted by molar-refractivity contribution is 0.0915. The van der Waals surface area contributed by atoms with Crippen LogP contribution < -0.4 is 5.32 Å². The number of amides is 1. The Labute approximate surface area is 134 Å². The summed E-state index contributed by atoms with van der Waals surface area (Å²) in [6.07, 6.45) is 7.11. The van der Waals surface area contributed by atoms with E-state index in [1.54, 1.807) is 24.5 Å². The minimum Gasteiger partial charge on any atom is -0.396 e. The number of hydrogen-bond acceptors (Lipinski definition) is 2. The van der Waals surface area contributed by atoms with Crippen LogP contribution in [0.3, 0.4) is 0 Å². The third-order valence-electron chi connectivity index (χ3n) is 4.59. The molecule has 0 atom stereocenters. The number of aromatic amines is 1. The first-order valence-electron chi connectivity index (χ1n) is 8.02. The van der Waals surface area contributed by atoms with Crippen molar-refractivity contribution < 1.29 is 14.3 Å². The Morgan fingerprint density at radius 3 is 2.52 bits per heavy atom. The molecular weight excluding hydrogens is 295 g/mol. The van der Waals surface area contributed by atoms with Crippen molar-refractivity contribution >= 4 is 5.91 Å². The average Bonchev–Trinajstić information content (AvgIpc) is 3.06. The summed E-state index contributed by atoms with van der Waals surface area (Å²) >= 11 is 0. The number of nitrogens with one attached hydrogen (secondary N) is 2. The Kier molecular flexibility index (Phi) is 4.76. The van der Waals surface area contributed by atoms with Crippen LogP contribution in [0.15, 0.2) is 36.7 Å². The van der Waals surface area contributed by atoms with Crippen molar-refractivity contribution in [1.82, 2.24) is 10.3 Å². The Morgan fingerprint density at radius 1 is 1.17 bits per heavy atom. The lowest BCUT2D eigenvalue weighted by Gasteiger charge is -2.28. The first kappa shape index (κ1) is 15.7. The lowest BCUT2D eigenvalue weighted by Crippen LogP contribution is -2.38. The van der Waals surface area contributed by atoms with Crippen LogP contribution in [0.25, 0.3) is 11.1 Å². The monoisotopic (exact) mass is 316 g/mol. The lowest BCUT2D eigenvalue weighted by atomic mass is 9.86. The molecule has 5 heteroatoms. The highest BCUT2D eigenvalue weighted by molar-refractivity contribution is 6.00. The van der Waals surface area contributed by atoms with E-state index in [4.69, 9.17) is 0 Å². The Bertz CT molecular complexity index is 658. The van der Waals surface area contributed by atoms with Gasteiger partial charge in [-0.05, 0) is 49.3 Å². The molecule has 0 radical (unpaired) electrons. The van der Waals surface area contributed by atoms with Crippen LogP contribution in [0, 0.1) is 11.7 Å². The van der Waals surface area contributed by atoms with E-state index in [0.717, 1.165) is 36.8 Å². The van der Waals surface area contributed by atoms with Gasteiger partial charge in [0.1, 0.15) is 5.82 Å². The highest BCUT2D eigenvalue weighted by Crippen LogP contribution is 2.26. The quantitative estimate of drug-likeness (QED) is 0.811. The average molecular weight is 316 g/mol. The maximum atomic E-state index is 13.1. The summed E-state index contributed by atoms with van der Waals surface area (Å²) in [4.78, 5) is 15.5. The van der Waals surface area contributed by atoms with Gasteiger partial charge in [-0.15, -0.1) is 0 Å². The molecule has 1 aromatic carbocycles. The molecule has 1 heterocycles. The standard InChI is InChI=1S/C18H21FN2O2/c19-14-5-3-13(4-6-14)16-9-20-10-17(16)18(23)21-15-7-1-12(11-22)2-8-15/h3-6,9-10,12,15,20,22H,1-2,7-8,11H2,(H,21,23). The van der Waals surface area contributed by atoms with Crippen molar-refractivity contribution in [2.24, 2.45) is 5.92 Å². The van der Waals surface area contributed by atoms with Crippen LogP contribution >= 0.6 is 0 Å². The molecule has 1 aromatic heterocycles. The van der Waals surface area contributed by atoms with Crippen molar-refractivity contribution in [3.8, 4) is 11.1 Å². The molecular formula is C18H21FN2O2. The van der Waals surface area contributed by atoms with Gasteiger partial charge in [-0.1, -0.05) is 12.1 Å². The van der Waals surface area contributed by atoms with Crippen LogP contribution in [-0.4, -0.2) is 28.6 Å². The fourth-order valence-corrected chi connectivity index (χ4v) is 3.17. The van der Waals surface area contributed by atoms with Gasteiger partial charge in [0.15, 0.2) is 0 Å². The third kappa shape index (κ3) is 3.62. The van der Waals surface area contributed by atoms with Crippen molar-refractivity contribution in [3.63, 3.8) is 0 Å². The molecule has 3 rings (SSSR count). The Balaban J connectivity index is 1.69. The van der Waals surface area contributed by atoms with Crippen LogP contribution in [0.5, 0.6) is 0 Å². The van der Waals surface area contributed by atoms with Gasteiger partial charge in [0.05, 0.1) is 5.56 Å². The summed E-state index contributed by atoms with van der Waals surface area (Å²) in [5, 5.41) is 12.2. The highest BCUT2D eigenvalue weighted by Gasteiger charge is 2.23. The second-order valence-electron chi connectivity index (χ2n) is 6.16. The van der Waals surface area contributed by atoms with Crippen LogP contribution in [-0.2, 0) is 0 Å². The predicted octanol–water partition coefficient (Wildman–Crippen LogP) is 3.10. The minimum atomic E-state index is -0.295. The molecule has 0 unspecified atom stereocenters. The Hall–Kier alpha value is -2.14. The SMILES string of the molecule is O=C(NC1CCC(CO)CC1)c1c[nH]cc1-c1ccc(F)cc1. The predicted molar refractivity (Wildman–Crippen MR) is 86.5 cm³/mol. The summed E-state index contributed by atoms with van der Waals surface area (Å²) < 4.78 is 13.1. The smallest absolute Gasteiger partial charge is 0.253 e. The highest BCUT2D eigenvalue weighted by atomic mass is 19.1. The van der Waals surface area contributed by atoms with Crippen molar-refractivity contribution in [1.29, 1.82) is 0 Å². The molecule has 1 aliphatic carbocycles. The van der Waals surface area contributed by atoms with E-state index in [2.05, 4.69) is 10.3 Å². The Morgan fingerprint density at radius 2 is 1.87 bits per heavy atom. The second kappa shape index (κ2) is 6.96. The topological polar surface area (TPSA) is 65.1 Å². The minimum absolute atomic E-state index is 0.113. The number of aromatic nitrogens is 1. The van der Waals surface area contributed by atoms with Crippen LogP contribution in [0.1, 0.15) is 36.0 Å². The van der Waals surface area contributed by atoms with Gasteiger partial charge in [-0.25, -0.2) is 4.39 Å². The van der Waals surface area contributed by atoms with Gasteiger partial charge in [0.2, 0.25) is 0 Å². The number of hydrogen-bond donors (Lipinski definition) is 3. The van der Waals surface area contributed by atoms with Crippen LogP contribution in [0.2, 0.25) is 0 Å². The molecule has 0 spiro atoms. The number of rotatable bonds is 4. The molecule has 3 N–H and O–H groups in total. The fourth-order valence-electron chi connectivity index (χ4n) is 3.17. The molecule has 4 nitrogen and oxygen atoms in total. The largest absolute Gasteiger partial charge is 0.396 e. The van der Waals surface area contributed by atoms with E-state index < -0.39 is 0 Å². The molecule has 1 aliphatic rings. The van der Waals surface area contributed by atoms with Crippen LogP contribution in [0.4, 0.5) is 4.39 Å². The molecule has 0 saturated heterocycles. The van der Waals surface area contributed by atoms with E-state index >= 15 is 0 Å². The molecule has 122 valence electrons. The maximum absolute atomic E-state index is 13.1. The van der Waals surface area contributed by atoms with E-state index in [9.17, 15) is 14.3 Å². The van der Waals surface area contributed by atoms with Crippen molar-refractivity contribution in [3.05, 3.63) is 48.0 Å². The zero-order valence-electron chi connectivity index (χ0n) is 12.9. The number of aliphatic hydroxyl groups is 1. The van der Waals surface area contributed by atoms with Gasteiger partial charge in [-0.3, -0.25) is 4.79 Å². The number of aliphatic hydroxyl groups excluding tert-OH is 1. The van der Waals surface area contributed by atoms with Crippen molar-refractivity contribution in [2.75, 3.05) is 6.61 Å². The summed E-state index contributed by atoms with van der Waals surface area (Å²) in [5.74, 6) is -0.0425. The van der Waals surface area contributed by atoms with Crippen molar-refractivity contribution in [2.45, 2.75) is 31.7 Å². The summed E-state index contributed by atoms with van der Waals surface area (Å²) in [6, 6.07) is 6.27. The number of halogens is 1. The molecule has 2 aromatic rings. The normalized spacial score (nSPS) is 21.1. The number of carbonyl (C=O) groups is 1. The molecule has 1 saturated carbocycles. The number of H-pyrrole nitrogens is 1. The molecule has 23 heavy (non-hydrogen) atoms. The van der Waals surface area contributed by atoms with E-state index in [0.29, 0.717) is 11.5 Å². The summed E-state index contributed by atoms with van der Waals surface area (Å²) in [7, 11) is 0. The molecule has 1 fully saturated rings. The van der Waals surface area contributed by atoms with E-state index in [-0.39, 0.29) is 24.4 Å². The van der Waals surface area contributed by atoms with E-state index in [1.807, 2.05) is 0 Å². The van der Waals surface area contributed by atoms with Gasteiger partial charge >= 0.3 is 0 Å². The van der Waals surface area contributed by atoms with Gasteiger partial charge in [0.25, 0.3) is 5.91 Å². The number of carbonyl (C=O) groups excluding carboxylic acids is 1. The van der Waals surface area contributed by atoms with Gasteiger partial charge in [0, 0.05) is 30.6 Å². The maximum Gasteiger partial charge on any atom is 0.253 e. The summed E-state index contributed by atoms with van der Waals surface area (Å²) in [6.45, 7) is 0.229. The van der Waals surface area contributed by atoms with E-state index in [1.165, 1.54) is 12.1 Å².